The molecular formula is C14H19ClN2O. The first-order valence-electron chi connectivity index (χ1n) is 6.52. The fourth-order valence-electron chi connectivity index (χ4n) is 3.05. The molecule has 2 aliphatic heterocycles. The van der Waals surface area contributed by atoms with Gasteiger partial charge in [-0.05, 0) is 31.0 Å². The molecule has 1 aromatic rings. The molecular weight excluding hydrogens is 248 g/mol. The maximum atomic E-state index is 6.20. The van der Waals surface area contributed by atoms with Crippen LogP contribution in [0.4, 0.5) is 5.69 Å². The van der Waals surface area contributed by atoms with Crippen molar-refractivity contribution in [2.45, 2.75) is 12.8 Å². The second-order valence-corrected chi connectivity index (χ2v) is 5.85. The van der Waals surface area contributed by atoms with Crippen LogP contribution in [-0.4, -0.2) is 33.3 Å². The van der Waals surface area contributed by atoms with Crippen LogP contribution in [-0.2, 0) is 0 Å². The first-order valence-corrected chi connectivity index (χ1v) is 6.89. The van der Waals surface area contributed by atoms with Crippen LogP contribution in [0.25, 0.3) is 0 Å². The van der Waals surface area contributed by atoms with E-state index >= 15 is 0 Å². The Bertz CT molecular complexity index is 445. The first kappa shape index (κ1) is 12.1. The van der Waals surface area contributed by atoms with E-state index in [1.54, 1.807) is 7.11 Å². The number of anilines is 1. The van der Waals surface area contributed by atoms with Crippen molar-refractivity contribution in [1.82, 2.24) is 5.32 Å². The van der Waals surface area contributed by atoms with Gasteiger partial charge in [0.05, 0.1) is 12.1 Å². The Labute approximate surface area is 113 Å². The van der Waals surface area contributed by atoms with Gasteiger partial charge in [0, 0.05) is 37.3 Å². The lowest BCUT2D eigenvalue weighted by molar-refractivity contribution is 0.138. The van der Waals surface area contributed by atoms with E-state index < -0.39 is 0 Å². The minimum Gasteiger partial charge on any atom is -0.495 e. The summed E-state index contributed by atoms with van der Waals surface area (Å²) in [6, 6.07) is 6.08. The molecule has 2 heterocycles. The van der Waals surface area contributed by atoms with Crippen LogP contribution in [0.3, 0.4) is 0 Å². The molecule has 0 radical (unpaired) electrons. The van der Waals surface area contributed by atoms with Gasteiger partial charge in [0.25, 0.3) is 0 Å². The third kappa shape index (κ3) is 2.06. The van der Waals surface area contributed by atoms with Crippen molar-refractivity contribution >= 4 is 17.3 Å². The van der Waals surface area contributed by atoms with Crippen molar-refractivity contribution in [1.29, 1.82) is 0 Å². The lowest BCUT2D eigenvalue weighted by atomic mass is 9.75. The average Bonchev–Trinajstić information content (AvgIpc) is 2.37. The monoisotopic (exact) mass is 266 g/mol. The smallest absolute Gasteiger partial charge is 0.137 e. The van der Waals surface area contributed by atoms with Crippen molar-refractivity contribution in [2.24, 2.45) is 5.41 Å². The van der Waals surface area contributed by atoms with Gasteiger partial charge < -0.3 is 15.0 Å². The highest BCUT2D eigenvalue weighted by atomic mass is 35.5. The van der Waals surface area contributed by atoms with Crippen molar-refractivity contribution in [3.05, 3.63) is 23.2 Å². The Hall–Kier alpha value is -0.930. The van der Waals surface area contributed by atoms with Crippen molar-refractivity contribution in [3.63, 3.8) is 0 Å². The fourth-order valence-corrected chi connectivity index (χ4v) is 3.30. The summed E-state index contributed by atoms with van der Waals surface area (Å²) in [6.07, 6.45) is 2.62. The Balaban J connectivity index is 1.79. The predicted octanol–water partition coefficient (Wildman–Crippen LogP) is 2.54. The zero-order chi connectivity index (χ0) is 12.6. The van der Waals surface area contributed by atoms with Crippen molar-refractivity contribution < 1.29 is 4.74 Å². The van der Waals surface area contributed by atoms with E-state index in [9.17, 15) is 0 Å². The summed E-state index contributed by atoms with van der Waals surface area (Å²) in [6.45, 7) is 4.59. The topological polar surface area (TPSA) is 24.5 Å². The Morgan fingerprint density at radius 1 is 1.39 bits per heavy atom. The number of nitrogens with one attached hydrogen (secondary N) is 1. The zero-order valence-electron chi connectivity index (χ0n) is 10.7. The largest absolute Gasteiger partial charge is 0.495 e. The van der Waals surface area contributed by atoms with Crippen LogP contribution < -0.4 is 15.0 Å². The molecule has 18 heavy (non-hydrogen) atoms. The summed E-state index contributed by atoms with van der Waals surface area (Å²) in [5.74, 6) is 0.748. The first-order chi connectivity index (χ1) is 8.72. The van der Waals surface area contributed by atoms with Crippen LogP contribution in [0.2, 0.25) is 5.02 Å². The van der Waals surface area contributed by atoms with Crippen LogP contribution in [0.5, 0.6) is 5.75 Å². The number of rotatable bonds is 2. The number of benzene rings is 1. The summed E-state index contributed by atoms with van der Waals surface area (Å²) >= 11 is 6.20. The third-order valence-corrected chi connectivity index (χ3v) is 4.46. The highest BCUT2D eigenvalue weighted by Crippen LogP contribution is 2.37. The standard InChI is InChI=1S/C14H19ClN2O/c1-18-13-4-3-11(7-12(13)15)17-6-2-5-14(10-17)8-16-9-14/h3-4,7,16H,2,5-6,8-10H2,1H3. The maximum Gasteiger partial charge on any atom is 0.137 e. The zero-order valence-corrected chi connectivity index (χ0v) is 11.5. The van der Waals surface area contributed by atoms with E-state index in [0.29, 0.717) is 10.4 Å². The van der Waals surface area contributed by atoms with E-state index in [2.05, 4.69) is 16.3 Å². The quantitative estimate of drug-likeness (QED) is 0.890. The molecule has 2 saturated heterocycles. The molecule has 4 heteroatoms. The molecule has 1 aromatic carbocycles. The second-order valence-electron chi connectivity index (χ2n) is 5.45. The third-order valence-electron chi connectivity index (χ3n) is 4.16. The van der Waals surface area contributed by atoms with Gasteiger partial charge in [-0.25, -0.2) is 0 Å². The minimum absolute atomic E-state index is 0.505. The molecule has 0 amide bonds. The number of ether oxygens (including phenoxy) is 1. The molecule has 0 saturated carbocycles. The molecule has 0 bridgehead atoms. The number of hydrogen-bond donors (Lipinski definition) is 1. The second kappa shape index (κ2) is 4.63. The molecule has 0 unspecified atom stereocenters. The predicted molar refractivity (Wildman–Crippen MR) is 74.8 cm³/mol. The van der Waals surface area contributed by atoms with Gasteiger partial charge in [-0.1, -0.05) is 11.6 Å². The fraction of sp³-hybridized carbons (Fsp3) is 0.571. The number of halogens is 1. The molecule has 2 aliphatic rings. The summed E-state index contributed by atoms with van der Waals surface area (Å²) in [7, 11) is 1.65. The lowest BCUT2D eigenvalue weighted by Gasteiger charge is -2.50. The number of nitrogens with zero attached hydrogens (tertiary/aromatic N) is 1. The molecule has 1 N–H and O–H groups in total. The Kier molecular flexibility index (Phi) is 3.12. The molecule has 98 valence electrons. The lowest BCUT2D eigenvalue weighted by Crippen LogP contribution is -2.61. The SMILES string of the molecule is COc1ccc(N2CCCC3(CNC3)C2)cc1Cl. The van der Waals surface area contributed by atoms with Crippen molar-refractivity contribution in [3.8, 4) is 5.75 Å². The summed E-state index contributed by atoms with van der Waals surface area (Å²) in [5.41, 5.74) is 1.72. The molecule has 0 aliphatic carbocycles. The van der Waals surface area contributed by atoms with Gasteiger partial charge in [0.2, 0.25) is 0 Å². The molecule has 2 fully saturated rings. The highest BCUT2D eigenvalue weighted by molar-refractivity contribution is 6.32. The van der Waals surface area contributed by atoms with E-state index in [1.807, 2.05) is 12.1 Å². The minimum atomic E-state index is 0.505. The van der Waals surface area contributed by atoms with Crippen LogP contribution in [0.1, 0.15) is 12.8 Å². The average molecular weight is 267 g/mol. The van der Waals surface area contributed by atoms with Crippen LogP contribution >= 0.6 is 11.6 Å². The molecule has 3 rings (SSSR count). The summed E-state index contributed by atoms with van der Waals surface area (Å²) in [4.78, 5) is 2.45. The van der Waals surface area contributed by atoms with Gasteiger partial charge in [0.1, 0.15) is 5.75 Å². The summed E-state index contributed by atoms with van der Waals surface area (Å²) in [5, 5.41) is 4.10. The number of hydrogen-bond acceptors (Lipinski definition) is 3. The van der Waals surface area contributed by atoms with Crippen LogP contribution in [0, 0.1) is 5.41 Å². The van der Waals surface area contributed by atoms with Crippen LogP contribution in [0.15, 0.2) is 18.2 Å². The molecule has 0 aromatic heterocycles. The van der Waals surface area contributed by atoms with E-state index in [1.165, 1.54) is 18.5 Å². The van der Waals surface area contributed by atoms with E-state index in [4.69, 9.17) is 16.3 Å². The Morgan fingerprint density at radius 3 is 2.83 bits per heavy atom. The molecule has 3 nitrogen and oxygen atoms in total. The van der Waals surface area contributed by atoms with Gasteiger partial charge in [-0.2, -0.15) is 0 Å². The highest BCUT2D eigenvalue weighted by Gasteiger charge is 2.40. The van der Waals surface area contributed by atoms with E-state index in [-0.39, 0.29) is 0 Å². The molecule has 1 spiro atoms. The summed E-state index contributed by atoms with van der Waals surface area (Å²) < 4.78 is 5.20. The maximum absolute atomic E-state index is 6.20. The van der Waals surface area contributed by atoms with E-state index in [0.717, 1.165) is 31.9 Å². The number of methoxy groups -OCH3 is 1. The van der Waals surface area contributed by atoms with Crippen molar-refractivity contribution in [2.75, 3.05) is 38.2 Å². The number of piperidine rings is 1. The molecule has 0 atom stereocenters. The normalized spacial score (nSPS) is 21.8. The van der Waals surface area contributed by atoms with Gasteiger partial charge in [-0.3, -0.25) is 0 Å². The van der Waals surface area contributed by atoms with Gasteiger partial charge >= 0.3 is 0 Å². The van der Waals surface area contributed by atoms with Gasteiger partial charge in [-0.15, -0.1) is 0 Å². The van der Waals surface area contributed by atoms with Gasteiger partial charge in [0.15, 0.2) is 0 Å². The Morgan fingerprint density at radius 2 is 2.22 bits per heavy atom.